The molecule has 112 valence electrons. The first-order valence-electron chi connectivity index (χ1n) is 7.88. The van der Waals surface area contributed by atoms with Crippen LogP contribution in [0.1, 0.15) is 19.3 Å². The number of likely N-dealkylation sites (tertiary alicyclic amines) is 1. The molecule has 1 aliphatic heterocycles. The highest BCUT2D eigenvalue weighted by Gasteiger charge is 2.14. The molecular weight excluding hydrogens is 260 g/mol. The molecule has 1 aromatic heterocycles. The number of guanidine groups is 1. The fraction of sp³-hybridized carbons (Fsp3) is 0.471. The van der Waals surface area contributed by atoms with Crippen molar-refractivity contribution in [3.05, 3.63) is 36.5 Å². The third-order valence-corrected chi connectivity index (χ3v) is 4.16. The largest absolute Gasteiger partial charge is 0.356 e. The molecule has 2 aromatic rings. The summed E-state index contributed by atoms with van der Waals surface area (Å²) in [6.45, 7) is 4.29. The minimum Gasteiger partial charge on any atom is -0.356 e. The monoisotopic (exact) mass is 284 g/mol. The standard InChI is InChI=1S/C17H24N4/c1-18-17(21-11-4-5-12-21)19-10-6-13-20-14-9-15-7-2-3-8-16(15)20/h2-3,7-9,14H,4-6,10-13H2,1H3,(H,18,19). The molecule has 0 atom stereocenters. The molecule has 1 N–H and O–H groups in total. The Morgan fingerprint density at radius 2 is 2.00 bits per heavy atom. The number of nitrogens with zero attached hydrogens (tertiary/aromatic N) is 3. The lowest BCUT2D eigenvalue weighted by Gasteiger charge is -2.20. The lowest BCUT2D eigenvalue weighted by Crippen LogP contribution is -2.40. The van der Waals surface area contributed by atoms with Gasteiger partial charge in [-0.1, -0.05) is 18.2 Å². The van der Waals surface area contributed by atoms with Gasteiger partial charge in [0.15, 0.2) is 5.96 Å². The molecule has 1 aromatic carbocycles. The highest BCUT2D eigenvalue weighted by Crippen LogP contribution is 2.15. The Bertz CT molecular complexity index is 608. The van der Waals surface area contributed by atoms with Gasteiger partial charge < -0.3 is 14.8 Å². The minimum atomic E-state index is 0.968. The Balaban J connectivity index is 1.49. The second kappa shape index (κ2) is 6.66. The summed E-state index contributed by atoms with van der Waals surface area (Å²) < 4.78 is 2.33. The normalized spacial score (nSPS) is 15.9. The van der Waals surface area contributed by atoms with E-state index in [0.29, 0.717) is 0 Å². The van der Waals surface area contributed by atoms with E-state index in [1.54, 1.807) is 0 Å². The van der Waals surface area contributed by atoms with Gasteiger partial charge in [0, 0.05) is 44.9 Å². The summed E-state index contributed by atoms with van der Waals surface area (Å²) in [4.78, 5) is 6.73. The first kappa shape index (κ1) is 14.0. The van der Waals surface area contributed by atoms with Crippen molar-refractivity contribution in [2.45, 2.75) is 25.8 Å². The molecule has 1 fully saturated rings. The molecule has 4 nitrogen and oxygen atoms in total. The van der Waals surface area contributed by atoms with Gasteiger partial charge in [-0.2, -0.15) is 0 Å². The van der Waals surface area contributed by atoms with Crippen LogP contribution >= 0.6 is 0 Å². The average Bonchev–Trinajstić information content (AvgIpc) is 3.17. The van der Waals surface area contributed by atoms with E-state index in [2.05, 4.69) is 56.3 Å². The number of aliphatic imine (C=N–C) groups is 1. The van der Waals surface area contributed by atoms with Gasteiger partial charge in [0.2, 0.25) is 0 Å². The van der Waals surface area contributed by atoms with Gasteiger partial charge in [0.1, 0.15) is 0 Å². The van der Waals surface area contributed by atoms with Gasteiger partial charge in [-0.3, -0.25) is 4.99 Å². The predicted molar refractivity (Wildman–Crippen MR) is 88.7 cm³/mol. The van der Waals surface area contributed by atoms with Gasteiger partial charge in [-0.25, -0.2) is 0 Å². The molecule has 0 bridgehead atoms. The number of benzene rings is 1. The van der Waals surface area contributed by atoms with E-state index in [1.165, 1.54) is 23.7 Å². The molecule has 0 unspecified atom stereocenters. The van der Waals surface area contributed by atoms with Crippen LogP contribution < -0.4 is 5.32 Å². The molecule has 0 spiro atoms. The maximum absolute atomic E-state index is 4.38. The van der Waals surface area contributed by atoms with E-state index < -0.39 is 0 Å². The third-order valence-electron chi connectivity index (χ3n) is 4.16. The zero-order valence-electron chi connectivity index (χ0n) is 12.8. The van der Waals surface area contributed by atoms with Crippen LogP contribution in [0.15, 0.2) is 41.5 Å². The zero-order valence-corrected chi connectivity index (χ0v) is 12.8. The number of hydrogen-bond donors (Lipinski definition) is 1. The molecule has 21 heavy (non-hydrogen) atoms. The van der Waals surface area contributed by atoms with Crippen LogP contribution in [0.25, 0.3) is 10.9 Å². The SMILES string of the molecule is CN=C(NCCCn1ccc2ccccc21)N1CCCC1. The van der Waals surface area contributed by atoms with Crippen LogP contribution in [0.3, 0.4) is 0 Å². The number of hydrogen-bond acceptors (Lipinski definition) is 1. The molecule has 0 radical (unpaired) electrons. The van der Waals surface area contributed by atoms with Crippen molar-refractivity contribution in [3.8, 4) is 0 Å². The van der Waals surface area contributed by atoms with Gasteiger partial charge in [0.05, 0.1) is 0 Å². The Labute approximate surface area is 126 Å². The average molecular weight is 284 g/mol. The Kier molecular flexibility index (Phi) is 4.43. The Hall–Kier alpha value is -1.97. The number of rotatable bonds is 4. The number of aryl methyl sites for hydroxylation is 1. The lowest BCUT2D eigenvalue weighted by molar-refractivity contribution is 0.489. The molecule has 3 rings (SSSR count). The van der Waals surface area contributed by atoms with E-state index in [4.69, 9.17) is 0 Å². The van der Waals surface area contributed by atoms with Gasteiger partial charge in [-0.15, -0.1) is 0 Å². The second-order valence-electron chi connectivity index (χ2n) is 5.59. The van der Waals surface area contributed by atoms with E-state index in [1.807, 2.05) is 7.05 Å². The fourth-order valence-electron chi connectivity index (χ4n) is 3.05. The van der Waals surface area contributed by atoms with Gasteiger partial charge in [-0.05, 0) is 36.8 Å². The van der Waals surface area contributed by atoms with Crippen molar-refractivity contribution in [2.24, 2.45) is 4.99 Å². The topological polar surface area (TPSA) is 32.6 Å². The summed E-state index contributed by atoms with van der Waals surface area (Å²) in [5.74, 6) is 1.06. The quantitative estimate of drug-likeness (QED) is 0.532. The van der Waals surface area contributed by atoms with Crippen molar-refractivity contribution in [3.63, 3.8) is 0 Å². The Morgan fingerprint density at radius 3 is 2.81 bits per heavy atom. The van der Waals surface area contributed by atoms with Crippen molar-refractivity contribution in [2.75, 3.05) is 26.7 Å². The van der Waals surface area contributed by atoms with Crippen molar-refractivity contribution < 1.29 is 0 Å². The highest BCUT2D eigenvalue weighted by molar-refractivity contribution is 5.80. The summed E-state index contributed by atoms with van der Waals surface area (Å²) in [5.41, 5.74) is 1.32. The van der Waals surface area contributed by atoms with E-state index in [9.17, 15) is 0 Å². The van der Waals surface area contributed by atoms with Crippen LogP contribution in [0.5, 0.6) is 0 Å². The van der Waals surface area contributed by atoms with Crippen LogP contribution in [0.2, 0.25) is 0 Å². The maximum Gasteiger partial charge on any atom is 0.193 e. The van der Waals surface area contributed by atoms with Crippen molar-refractivity contribution in [1.29, 1.82) is 0 Å². The summed E-state index contributed by atoms with van der Waals surface area (Å²) in [5, 5.41) is 4.80. The summed E-state index contributed by atoms with van der Waals surface area (Å²) in [6.07, 6.45) is 5.86. The molecular formula is C17H24N4. The smallest absolute Gasteiger partial charge is 0.193 e. The first-order valence-corrected chi connectivity index (χ1v) is 7.88. The number of aromatic nitrogens is 1. The van der Waals surface area contributed by atoms with Gasteiger partial charge >= 0.3 is 0 Å². The molecule has 0 saturated carbocycles. The van der Waals surface area contributed by atoms with E-state index in [0.717, 1.165) is 38.6 Å². The van der Waals surface area contributed by atoms with Crippen LogP contribution in [-0.2, 0) is 6.54 Å². The molecule has 2 heterocycles. The fourth-order valence-corrected chi connectivity index (χ4v) is 3.05. The highest BCUT2D eigenvalue weighted by atomic mass is 15.3. The van der Waals surface area contributed by atoms with E-state index >= 15 is 0 Å². The second-order valence-corrected chi connectivity index (χ2v) is 5.59. The zero-order chi connectivity index (χ0) is 14.5. The van der Waals surface area contributed by atoms with Crippen molar-refractivity contribution in [1.82, 2.24) is 14.8 Å². The summed E-state index contributed by atoms with van der Waals surface area (Å²) >= 11 is 0. The minimum absolute atomic E-state index is 0.968. The number of para-hydroxylation sites is 1. The van der Waals surface area contributed by atoms with E-state index in [-0.39, 0.29) is 0 Å². The summed E-state index contributed by atoms with van der Waals surface area (Å²) in [7, 11) is 1.88. The molecule has 4 heteroatoms. The third kappa shape index (κ3) is 3.20. The molecule has 0 aliphatic carbocycles. The van der Waals surface area contributed by atoms with Crippen LogP contribution in [-0.4, -0.2) is 42.1 Å². The summed E-state index contributed by atoms with van der Waals surface area (Å²) in [6, 6.07) is 10.7. The van der Waals surface area contributed by atoms with Gasteiger partial charge in [0.25, 0.3) is 0 Å². The predicted octanol–water partition coefficient (Wildman–Crippen LogP) is 2.70. The maximum atomic E-state index is 4.38. The van der Waals surface area contributed by atoms with Crippen LogP contribution in [0, 0.1) is 0 Å². The Morgan fingerprint density at radius 1 is 1.19 bits per heavy atom. The number of fused-ring (bicyclic) bond motifs is 1. The molecule has 1 aliphatic rings. The molecule has 0 amide bonds. The van der Waals surface area contributed by atoms with Crippen LogP contribution in [0.4, 0.5) is 0 Å². The number of nitrogens with one attached hydrogen (secondary N) is 1. The van der Waals surface area contributed by atoms with Crippen molar-refractivity contribution >= 4 is 16.9 Å². The first-order chi connectivity index (χ1) is 10.4. The lowest BCUT2D eigenvalue weighted by atomic mass is 10.2. The molecule has 1 saturated heterocycles.